The quantitative estimate of drug-likeness (QED) is 0.711. The van der Waals surface area contributed by atoms with Crippen LogP contribution in [0.25, 0.3) is 11.1 Å². The lowest BCUT2D eigenvalue weighted by atomic mass is 10.0. The van der Waals surface area contributed by atoms with Crippen LogP contribution in [0.3, 0.4) is 0 Å². The van der Waals surface area contributed by atoms with Crippen LogP contribution >= 0.6 is 0 Å². The highest BCUT2D eigenvalue weighted by Crippen LogP contribution is 2.23. The van der Waals surface area contributed by atoms with Gasteiger partial charge in [-0.25, -0.2) is 8.78 Å². The van der Waals surface area contributed by atoms with Crippen molar-refractivity contribution in [1.82, 2.24) is 0 Å². The maximum Gasteiger partial charge on any atom is 0.133 e. The zero-order valence-electron chi connectivity index (χ0n) is 7.87. The Morgan fingerprint density at radius 1 is 0.867 bits per heavy atom. The van der Waals surface area contributed by atoms with Gasteiger partial charge in [-0.2, -0.15) is 0 Å². The van der Waals surface area contributed by atoms with Crippen molar-refractivity contribution in [1.29, 1.82) is 0 Å². The molecule has 2 aromatic carbocycles. The third kappa shape index (κ3) is 1.96. The monoisotopic (exact) mass is 205 g/mol. The molecule has 1 nitrogen and oxygen atoms in total. The van der Waals surface area contributed by atoms with Crippen LogP contribution in [-0.2, 0) is 0 Å². The van der Waals surface area contributed by atoms with Crippen molar-refractivity contribution in [2.24, 2.45) is 0 Å². The predicted octanol–water partition coefficient (Wildman–Crippen LogP) is 3.21. The Morgan fingerprint density at radius 2 is 1.53 bits per heavy atom. The molecular weight excluding hydrogens is 196 g/mol. The molecule has 0 saturated heterocycles. The van der Waals surface area contributed by atoms with Crippen LogP contribution in [0.5, 0.6) is 0 Å². The van der Waals surface area contributed by atoms with Crippen molar-refractivity contribution in [3.63, 3.8) is 0 Å². The van der Waals surface area contributed by atoms with Crippen molar-refractivity contribution in [3.05, 3.63) is 54.1 Å². The van der Waals surface area contributed by atoms with Crippen LogP contribution < -0.4 is 5.73 Å². The van der Waals surface area contributed by atoms with Crippen LogP contribution in [0.1, 0.15) is 0 Å². The summed E-state index contributed by atoms with van der Waals surface area (Å²) in [6.07, 6.45) is 0. The minimum Gasteiger partial charge on any atom is -0.399 e. The van der Waals surface area contributed by atoms with Gasteiger partial charge in [-0.1, -0.05) is 12.1 Å². The summed E-state index contributed by atoms with van der Waals surface area (Å²) < 4.78 is 26.0. The third-order valence-electron chi connectivity index (χ3n) is 2.15. The average molecular weight is 205 g/mol. The molecule has 0 atom stereocenters. The normalized spacial score (nSPS) is 10.3. The molecule has 0 spiro atoms. The third-order valence-corrected chi connectivity index (χ3v) is 2.15. The van der Waals surface area contributed by atoms with Crippen molar-refractivity contribution < 1.29 is 8.78 Å². The van der Waals surface area contributed by atoms with E-state index in [0.717, 1.165) is 6.07 Å². The van der Waals surface area contributed by atoms with Crippen LogP contribution in [0.4, 0.5) is 14.5 Å². The second-order valence-corrected chi connectivity index (χ2v) is 3.25. The number of halogens is 2. The first kappa shape index (κ1) is 9.65. The average Bonchev–Trinajstić information content (AvgIpc) is 2.20. The highest BCUT2D eigenvalue weighted by Gasteiger charge is 2.05. The molecule has 0 radical (unpaired) electrons. The standard InChI is InChI=1S/C12H9F2N/c13-9-3-6-11(12(14)7-9)8-1-4-10(15)5-2-8/h1-7H,15H2. The molecule has 15 heavy (non-hydrogen) atoms. The van der Waals surface area contributed by atoms with Gasteiger partial charge in [0.15, 0.2) is 0 Å². The van der Waals surface area contributed by atoms with Gasteiger partial charge >= 0.3 is 0 Å². The second kappa shape index (κ2) is 3.69. The summed E-state index contributed by atoms with van der Waals surface area (Å²) >= 11 is 0. The number of rotatable bonds is 1. The Kier molecular flexibility index (Phi) is 2.37. The maximum atomic E-state index is 13.4. The first-order valence-corrected chi connectivity index (χ1v) is 4.48. The Bertz CT molecular complexity index is 477. The molecule has 0 amide bonds. The highest BCUT2D eigenvalue weighted by atomic mass is 19.1. The molecule has 2 aromatic rings. The lowest BCUT2D eigenvalue weighted by Crippen LogP contribution is -1.87. The van der Waals surface area contributed by atoms with Crippen LogP contribution in [0.2, 0.25) is 0 Å². The summed E-state index contributed by atoms with van der Waals surface area (Å²) in [7, 11) is 0. The van der Waals surface area contributed by atoms with Crippen molar-refractivity contribution >= 4 is 5.69 Å². The Hall–Kier alpha value is -1.90. The van der Waals surface area contributed by atoms with E-state index in [4.69, 9.17) is 5.73 Å². The summed E-state index contributed by atoms with van der Waals surface area (Å²) in [5.41, 5.74) is 7.18. The zero-order valence-corrected chi connectivity index (χ0v) is 7.87. The molecular formula is C12H9F2N. The van der Waals surface area contributed by atoms with Gasteiger partial charge in [0.05, 0.1) is 0 Å². The highest BCUT2D eigenvalue weighted by molar-refractivity contribution is 5.66. The Labute approximate surface area is 86.2 Å². The van der Waals surface area contributed by atoms with E-state index in [0.29, 0.717) is 16.8 Å². The van der Waals surface area contributed by atoms with Gasteiger partial charge in [-0.05, 0) is 29.8 Å². The summed E-state index contributed by atoms with van der Waals surface area (Å²) in [6, 6.07) is 10.3. The molecule has 2 rings (SSSR count). The fourth-order valence-electron chi connectivity index (χ4n) is 1.39. The van der Waals surface area contributed by atoms with Gasteiger partial charge in [0.25, 0.3) is 0 Å². The van der Waals surface area contributed by atoms with Crippen molar-refractivity contribution in [2.75, 3.05) is 5.73 Å². The van der Waals surface area contributed by atoms with E-state index in [-0.39, 0.29) is 0 Å². The Balaban J connectivity index is 2.49. The van der Waals surface area contributed by atoms with E-state index >= 15 is 0 Å². The summed E-state index contributed by atoms with van der Waals surface area (Å²) in [5, 5.41) is 0. The van der Waals surface area contributed by atoms with Gasteiger partial charge in [0.1, 0.15) is 11.6 Å². The SMILES string of the molecule is Nc1ccc(-c2ccc(F)cc2F)cc1. The summed E-state index contributed by atoms with van der Waals surface area (Å²) in [4.78, 5) is 0. The first-order valence-electron chi connectivity index (χ1n) is 4.48. The zero-order chi connectivity index (χ0) is 10.8. The van der Waals surface area contributed by atoms with E-state index in [1.54, 1.807) is 24.3 Å². The van der Waals surface area contributed by atoms with E-state index in [1.807, 2.05) is 0 Å². The fraction of sp³-hybridized carbons (Fsp3) is 0. The molecule has 0 heterocycles. The fourth-order valence-corrected chi connectivity index (χ4v) is 1.39. The molecule has 76 valence electrons. The molecule has 3 heteroatoms. The topological polar surface area (TPSA) is 26.0 Å². The minimum absolute atomic E-state index is 0.372. The van der Waals surface area contributed by atoms with Gasteiger partial charge in [-0.3, -0.25) is 0 Å². The van der Waals surface area contributed by atoms with E-state index in [9.17, 15) is 8.78 Å². The maximum absolute atomic E-state index is 13.4. The van der Waals surface area contributed by atoms with E-state index in [2.05, 4.69) is 0 Å². The molecule has 0 saturated carbocycles. The van der Waals surface area contributed by atoms with E-state index in [1.165, 1.54) is 12.1 Å². The summed E-state index contributed by atoms with van der Waals surface area (Å²) in [5.74, 6) is -1.15. The Morgan fingerprint density at radius 3 is 2.13 bits per heavy atom. The number of nitrogens with two attached hydrogens (primary N) is 1. The minimum atomic E-state index is -0.577. The molecule has 0 aliphatic carbocycles. The number of anilines is 1. The molecule has 0 fully saturated rings. The molecule has 2 N–H and O–H groups in total. The van der Waals surface area contributed by atoms with Crippen LogP contribution in [0.15, 0.2) is 42.5 Å². The molecule has 0 aliphatic heterocycles. The van der Waals surface area contributed by atoms with Gasteiger partial charge in [0, 0.05) is 17.3 Å². The molecule has 0 aliphatic rings. The van der Waals surface area contributed by atoms with Gasteiger partial charge in [-0.15, -0.1) is 0 Å². The van der Waals surface area contributed by atoms with Crippen molar-refractivity contribution in [2.45, 2.75) is 0 Å². The number of nitrogen functional groups attached to an aromatic ring is 1. The van der Waals surface area contributed by atoms with E-state index < -0.39 is 11.6 Å². The van der Waals surface area contributed by atoms with Crippen molar-refractivity contribution in [3.8, 4) is 11.1 Å². The van der Waals surface area contributed by atoms with Gasteiger partial charge in [0.2, 0.25) is 0 Å². The number of benzene rings is 2. The smallest absolute Gasteiger partial charge is 0.133 e. The summed E-state index contributed by atoms with van der Waals surface area (Å²) in [6.45, 7) is 0. The number of hydrogen-bond acceptors (Lipinski definition) is 1. The molecule has 0 bridgehead atoms. The largest absolute Gasteiger partial charge is 0.399 e. The molecule has 0 unspecified atom stereocenters. The molecule has 0 aromatic heterocycles. The first-order chi connectivity index (χ1) is 7.16. The lowest BCUT2D eigenvalue weighted by Gasteiger charge is -2.03. The second-order valence-electron chi connectivity index (χ2n) is 3.25. The van der Waals surface area contributed by atoms with Gasteiger partial charge < -0.3 is 5.73 Å². The predicted molar refractivity (Wildman–Crippen MR) is 56.2 cm³/mol. The van der Waals surface area contributed by atoms with Crippen LogP contribution in [0, 0.1) is 11.6 Å². The number of hydrogen-bond donors (Lipinski definition) is 1. The lowest BCUT2D eigenvalue weighted by molar-refractivity contribution is 0.585. The van der Waals surface area contributed by atoms with Crippen LogP contribution in [-0.4, -0.2) is 0 Å².